The van der Waals surface area contributed by atoms with Crippen molar-refractivity contribution < 1.29 is 14.3 Å². The molecule has 2 heterocycles. The van der Waals surface area contributed by atoms with Gasteiger partial charge in [-0.2, -0.15) is 0 Å². The first-order valence-corrected chi connectivity index (χ1v) is 7.78. The van der Waals surface area contributed by atoms with Crippen LogP contribution in [0, 0.1) is 5.92 Å². The van der Waals surface area contributed by atoms with Gasteiger partial charge in [0.05, 0.1) is 24.0 Å². The van der Waals surface area contributed by atoms with Gasteiger partial charge >= 0.3 is 6.09 Å². The molecule has 116 valence electrons. The molecule has 2 aliphatic heterocycles. The number of fused-ring (bicyclic) bond motifs is 5. The molecular formula is C17H20N2O3. The monoisotopic (exact) mass is 300 g/mol. The van der Waals surface area contributed by atoms with E-state index < -0.39 is 11.7 Å². The number of para-hydroxylation sites is 1. The van der Waals surface area contributed by atoms with Crippen molar-refractivity contribution in [1.29, 1.82) is 0 Å². The standard InChI is InChI=1S/C17H20N2O3/c1-17(2,3)22-16(21)19-12-9-11(15(19)20)13-14(12)18(13)10-7-5-4-6-8-10/h4-8,11-14H,9H2,1-3H3/t11-,12+,13+,14-,18?/m0/s1. The van der Waals surface area contributed by atoms with Gasteiger partial charge in [-0.3, -0.25) is 4.79 Å². The second-order valence-electron chi connectivity index (χ2n) is 7.32. The lowest BCUT2D eigenvalue weighted by atomic mass is 10.1. The van der Waals surface area contributed by atoms with Crippen LogP contribution in [-0.2, 0) is 9.53 Å². The van der Waals surface area contributed by atoms with E-state index in [1.165, 1.54) is 4.90 Å². The number of amides is 2. The Morgan fingerprint density at radius 3 is 2.50 bits per heavy atom. The van der Waals surface area contributed by atoms with Gasteiger partial charge in [-0.25, -0.2) is 9.69 Å². The Kier molecular flexibility index (Phi) is 2.63. The Bertz CT molecular complexity index is 637. The van der Waals surface area contributed by atoms with Gasteiger partial charge in [-0.05, 0) is 39.3 Å². The number of nitrogens with zero attached hydrogens (tertiary/aromatic N) is 2. The van der Waals surface area contributed by atoms with Crippen LogP contribution in [0.5, 0.6) is 0 Å². The number of piperidine rings is 2. The van der Waals surface area contributed by atoms with Gasteiger partial charge in [-0.1, -0.05) is 18.2 Å². The molecule has 5 heteroatoms. The fraction of sp³-hybridized carbons (Fsp3) is 0.529. The number of rotatable bonds is 1. The number of imide groups is 1. The van der Waals surface area contributed by atoms with Crippen LogP contribution in [0.1, 0.15) is 27.2 Å². The molecule has 22 heavy (non-hydrogen) atoms. The van der Waals surface area contributed by atoms with Crippen LogP contribution in [-0.4, -0.2) is 40.6 Å². The zero-order chi connectivity index (χ0) is 15.6. The van der Waals surface area contributed by atoms with Crippen LogP contribution < -0.4 is 4.90 Å². The lowest BCUT2D eigenvalue weighted by molar-refractivity contribution is -0.132. The van der Waals surface area contributed by atoms with Crippen molar-refractivity contribution in [3.05, 3.63) is 30.3 Å². The summed E-state index contributed by atoms with van der Waals surface area (Å²) in [6, 6.07) is 10.6. The first-order chi connectivity index (χ1) is 10.4. The number of benzene rings is 1. The molecule has 0 unspecified atom stereocenters. The highest BCUT2D eigenvalue weighted by Gasteiger charge is 2.71. The third kappa shape index (κ3) is 1.84. The van der Waals surface area contributed by atoms with Crippen LogP contribution in [0.4, 0.5) is 10.5 Å². The van der Waals surface area contributed by atoms with E-state index in [1.807, 2.05) is 39.0 Å². The van der Waals surface area contributed by atoms with Gasteiger partial charge in [0.25, 0.3) is 0 Å². The normalized spacial score (nSPS) is 32.2. The van der Waals surface area contributed by atoms with Gasteiger partial charge in [0.2, 0.25) is 5.91 Å². The molecule has 1 aromatic carbocycles. The fourth-order valence-electron chi connectivity index (χ4n) is 3.98. The van der Waals surface area contributed by atoms with Gasteiger partial charge in [0, 0.05) is 5.69 Å². The maximum atomic E-state index is 12.5. The first-order valence-electron chi connectivity index (χ1n) is 7.78. The number of hydrogen-bond acceptors (Lipinski definition) is 4. The van der Waals surface area contributed by atoms with Crippen LogP contribution in [0.25, 0.3) is 0 Å². The van der Waals surface area contributed by atoms with Crippen molar-refractivity contribution in [3.8, 4) is 0 Å². The SMILES string of the molecule is CC(C)(C)OC(=O)N1C(=O)[C@H]2C[C@@H]1[C@H]1[C@@H]2N1c1ccccc1. The largest absolute Gasteiger partial charge is 0.443 e. The smallest absolute Gasteiger partial charge is 0.417 e. The molecule has 3 aliphatic rings. The van der Waals surface area contributed by atoms with Crippen molar-refractivity contribution >= 4 is 17.7 Å². The molecule has 4 rings (SSSR count). The van der Waals surface area contributed by atoms with E-state index in [0.717, 1.165) is 12.1 Å². The molecule has 0 aromatic heterocycles. The summed E-state index contributed by atoms with van der Waals surface area (Å²) < 4.78 is 5.40. The van der Waals surface area contributed by atoms with Crippen LogP contribution in [0.15, 0.2) is 30.3 Å². The lowest BCUT2D eigenvalue weighted by Gasteiger charge is -2.28. The molecule has 2 saturated heterocycles. The summed E-state index contributed by atoms with van der Waals surface area (Å²) in [5.41, 5.74) is 0.549. The molecule has 2 amide bonds. The Labute approximate surface area is 129 Å². The van der Waals surface area contributed by atoms with Gasteiger partial charge in [0.15, 0.2) is 0 Å². The van der Waals surface area contributed by atoms with Crippen molar-refractivity contribution in [2.24, 2.45) is 5.92 Å². The quantitative estimate of drug-likeness (QED) is 0.747. The van der Waals surface area contributed by atoms with E-state index in [9.17, 15) is 9.59 Å². The molecule has 1 aliphatic carbocycles. The summed E-state index contributed by atoms with van der Waals surface area (Å²) in [6.45, 7) is 5.46. The van der Waals surface area contributed by atoms with Crippen molar-refractivity contribution in [1.82, 2.24) is 4.90 Å². The summed E-state index contributed by atoms with van der Waals surface area (Å²) >= 11 is 0. The first kappa shape index (κ1) is 13.6. The van der Waals surface area contributed by atoms with E-state index in [1.54, 1.807) is 0 Å². The molecule has 1 aromatic rings. The van der Waals surface area contributed by atoms with Crippen LogP contribution >= 0.6 is 0 Å². The predicted octanol–water partition coefficient (Wildman–Crippen LogP) is 2.41. The predicted molar refractivity (Wildman–Crippen MR) is 81.5 cm³/mol. The van der Waals surface area contributed by atoms with Gasteiger partial charge in [0.1, 0.15) is 5.60 Å². The molecule has 0 N–H and O–H groups in total. The number of carbonyl (C=O) groups excluding carboxylic acids is 2. The van der Waals surface area contributed by atoms with Crippen LogP contribution in [0.3, 0.4) is 0 Å². The second kappa shape index (κ2) is 4.24. The minimum atomic E-state index is -0.582. The topological polar surface area (TPSA) is 49.6 Å². The summed E-state index contributed by atoms with van der Waals surface area (Å²) in [4.78, 5) is 28.5. The molecule has 2 bridgehead atoms. The molecule has 4 atom stereocenters. The fourth-order valence-corrected chi connectivity index (χ4v) is 3.98. The highest BCUT2D eigenvalue weighted by atomic mass is 16.6. The average Bonchev–Trinajstić information content (AvgIpc) is 2.95. The Hall–Kier alpha value is -2.04. The average molecular weight is 300 g/mol. The summed E-state index contributed by atoms with van der Waals surface area (Å²) in [5.74, 6) is -0.137. The number of ether oxygens (including phenoxy) is 1. The second-order valence-corrected chi connectivity index (χ2v) is 7.32. The van der Waals surface area contributed by atoms with Crippen molar-refractivity contribution in [2.45, 2.75) is 50.9 Å². The summed E-state index contributed by atoms with van der Waals surface area (Å²) in [6.07, 6.45) is 0.278. The third-order valence-corrected chi connectivity index (χ3v) is 4.74. The Morgan fingerprint density at radius 2 is 1.86 bits per heavy atom. The minimum absolute atomic E-state index is 0.0439. The van der Waals surface area contributed by atoms with E-state index in [2.05, 4.69) is 17.0 Å². The summed E-state index contributed by atoms with van der Waals surface area (Å²) in [7, 11) is 0. The maximum absolute atomic E-state index is 12.5. The minimum Gasteiger partial charge on any atom is -0.443 e. The highest BCUT2D eigenvalue weighted by Crippen LogP contribution is 2.55. The van der Waals surface area contributed by atoms with Crippen molar-refractivity contribution in [2.75, 3.05) is 4.90 Å². The molecule has 1 saturated carbocycles. The number of anilines is 1. The molecule has 0 radical (unpaired) electrons. The molecule has 0 spiro atoms. The molecule has 3 fully saturated rings. The van der Waals surface area contributed by atoms with Crippen LogP contribution in [0.2, 0.25) is 0 Å². The van der Waals surface area contributed by atoms with E-state index in [0.29, 0.717) is 0 Å². The number of hydrogen-bond donors (Lipinski definition) is 0. The Balaban J connectivity index is 1.56. The zero-order valence-corrected chi connectivity index (χ0v) is 13.0. The van der Waals surface area contributed by atoms with Gasteiger partial charge < -0.3 is 9.64 Å². The number of carbonyl (C=O) groups is 2. The van der Waals surface area contributed by atoms with E-state index in [4.69, 9.17) is 4.74 Å². The lowest BCUT2D eigenvalue weighted by Crippen LogP contribution is -2.47. The van der Waals surface area contributed by atoms with E-state index >= 15 is 0 Å². The van der Waals surface area contributed by atoms with Gasteiger partial charge in [-0.15, -0.1) is 0 Å². The maximum Gasteiger partial charge on any atom is 0.417 e. The Morgan fingerprint density at radius 1 is 1.18 bits per heavy atom. The molecule has 5 nitrogen and oxygen atoms in total. The zero-order valence-electron chi connectivity index (χ0n) is 13.0. The summed E-state index contributed by atoms with van der Waals surface area (Å²) in [5, 5.41) is 0. The molecular weight excluding hydrogens is 280 g/mol. The van der Waals surface area contributed by atoms with Crippen molar-refractivity contribution in [3.63, 3.8) is 0 Å². The highest BCUT2D eigenvalue weighted by molar-refractivity contribution is 5.99. The third-order valence-electron chi connectivity index (χ3n) is 4.74. The number of likely N-dealkylation sites (tertiary alicyclic amines) is 1. The van der Waals surface area contributed by atoms with E-state index in [-0.39, 0.29) is 30.0 Å².